The van der Waals surface area contributed by atoms with Crippen molar-refractivity contribution in [2.45, 2.75) is 25.4 Å². The molecule has 0 saturated heterocycles. The predicted octanol–water partition coefficient (Wildman–Crippen LogP) is 6.29. The molecule has 2 amide bonds. The number of hydrogen-bond acceptors (Lipinski definition) is 4. The van der Waals surface area contributed by atoms with Crippen molar-refractivity contribution >= 4 is 23.2 Å². The third kappa shape index (κ3) is 4.98. The van der Waals surface area contributed by atoms with E-state index in [4.69, 9.17) is 9.47 Å². The van der Waals surface area contributed by atoms with Crippen LogP contribution in [0.2, 0.25) is 0 Å². The first-order valence-corrected chi connectivity index (χ1v) is 12.7. The summed E-state index contributed by atoms with van der Waals surface area (Å²) in [6.07, 6.45) is 0.559. The first kappa shape index (κ1) is 25.1. The molecule has 0 fully saturated rings. The molecule has 6 heteroatoms. The van der Waals surface area contributed by atoms with Gasteiger partial charge in [-0.25, -0.2) is 0 Å². The Morgan fingerprint density at radius 1 is 0.842 bits per heavy atom. The van der Waals surface area contributed by atoms with Gasteiger partial charge in [0.15, 0.2) is 6.61 Å². The summed E-state index contributed by atoms with van der Waals surface area (Å²) < 4.78 is 11.3. The van der Waals surface area contributed by atoms with Crippen molar-refractivity contribution in [1.82, 2.24) is 0 Å². The monoisotopic (exact) mass is 506 g/mol. The van der Waals surface area contributed by atoms with E-state index in [2.05, 4.69) is 0 Å². The van der Waals surface area contributed by atoms with Gasteiger partial charge in [-0.3, -0.25) is 9.59 Å². The van der Waals surface area contributed by atoms with E-state index in [1.807, 2.05) is 114 Å². The molecular weight excluding hydrogens is 476 g/mol. The van der Waals surface area contributed by atoms with Gasteiger partial charge in [0.1, 0.15) is 11.5 Å². The lowest BCUT2D eigenvalue weighted by Gasteiger charge is -2.43. The molecule has 2 atom stereocenters. The van der Waals surface area contributed by atoms with Crippen molar-refractivity contribution in [3.05, 3.63) is 120 Å². The quantitative estimate of drug-likeness (QED) is 0.296. The largest absolute Gasteiger partial charge is 0.496 e. The summed E-state index contributed by atoms with van der Waals surface area (Å²) in [5, 5.41) is 0. The Labute approximate surface area is 223 Å². The maximum Gasteiger partial charge on any atom is 0.265 e. The van der Waals surface area contributed by atoms with Gasteiger partial charge in [0, 0.05) is 17.4 Å². The summed E-state index contributed by atoms with van der Waals surface area (Å²) in [6, 6.07) is 33.6. The van der Waals surface area contributed by atoms with Crippen LogP contribution in [-0.4, -0.2) is 31.6 Å². The van der Waals surface area contributed by atoms with Crippen LogP contribution in [0.5, 0.6) is 11.5 Å². The minimum Gasteiger partial charge on any atom is -0.496 e. The summed E-state index contributed by atoms with van der Waals surface area (Å²) >= 11 is 0. The predicted molar refractivity (Wildman–Crippen MR) is 149 cm³/mol. The normalized spacial score (nSPS) is 16.3. The van der Waals surface area contributed by atoms with Crippen LogP contribution in [-0.2, 0) is 4.79 Å². The van der Waals surface area contributed by atoms with Crippen LogP contribution in [0.4, 0.5) is 11.4 Å². The molecule has 0 saturated carbocycles. The first-order chi connectivity index (χ1) is 18.6. The lowest BCUT2D eigenvalue weighted by atomic mass is 9.89. The zero-order valence-corrected chi connectivity index (χ0v) is 21.5. The van der Waals surface area contributed by atoms with Crippen LogP contribution in [0.25, 0.3) is 0 Å². The number of amides is 2. The van der Waals surface area contributed by atoms with E-state index in [1.165, 1.54) is 0 Å². The van der Waals surface area contributed by atoms with E-state index >= 15 is 0 Å². The molecule has 0 unspecified atom stereocenters. The molecule has 0 bridgehead atoms. The lowest BCUT2D eigenvalue weighted by Crippen LogP contribution is -2.48. The number of ether oxygens (including phenoxy) is 2. The fourth-order valence-corrected chi connectivity index (χ4v) is 5.10. The average Bonchev–Trinajstić information content (AvgIpc) is 2.97. The molecule has 1 aliphatic rings. The van der Waals surface area contributed by atoms with Crippen molar-refractivity contribution < 1.29 is 19.1 Å². The molecule has 0 spiro atoms. The maximum atomic E-state index is 13.8. The molecule has 0 N–H and O–H groups in total. The highest BCUT2D eigenvalue weighted by atomic mass is 16.5. The number of carbonyl (C=O) groups excluding carboxylic acids is 2. The third-order valence-corrected chi connectivity index (χ3v) is 6.84. The minimum atomic E-state index is -0.280. The molecule has 192 valence electrons. The van der Waals surface area contributed by atoms with Gasteiger partial charge in [-0.15, -0.1) is 0 Å². The van der Waals surface area contributed by atoms with Gasteiger partial charge in [-0.2, -0.15) is 0 Å². The van der Waals surface area contributed by atoms with Crippen LogP contribution < -0.4 is 19.3 Å². The summed E-state index contributed by atoms with van der Waals surface area (Å²) in [5.41, 5.74) is 2.98. The van der Waals surface area contributed by atoms with Crippen LogP contribution in [0, 0.1) is 0 Å². The van der Waals surface area contributed by atoms with Gasteiger partial charge in [-0.05, 0) is 61.4 Å². The van der Waals surface area contributed by atoms with Gasteiger partial charge in [0.05, 0.1) is 18.7 Å². The molecule has 4 aromatic rings. The highest BCUT2D eigenvalue weighted by Gasteiger charge is 2.39. The second-order valence-electron chi connectivity index (χ2n) is 9.24. The van der Waals surface area contributed by atoms with Gasteiger partial charge >= 0.3 is 0 Å². The number of methoxy groups -OCH3 is 1. The fraction of sp³-hybridized carbons (Fsp3) is 0.188. The van der Waals surface area contributed by atoms with E-state index in [-0.39, 0.29) is 30.5 Å². The third-order valence-electron chi connectivity index (χ3n) is 6.84. The van der Waals surface area contributed by atoms with Crippen molar-refractivity contribution in [2.75, 3.05) is 23.5 Å². The number of hydrogen-bond donors (Lipinski definition) is 0. The number of carbonyl (C=O) groups is 2. The number of anilines is 2. The number of rotatable bonds is 7. The fourth-order valence-electron chi connectivity index (χ4n) is 5.10. The molecule has 0 radical (unpaired) electrons. The molecule has 0 aromatic heterocycles. The Morgan fingerprint density at radius 2 is 1.47 bits per heavy atom. The van der Waals surface area contributed by atoms with Crippen molar-refractivity contribution in [2.24, 2.45) is 0 Å². The molecule has 0 aliphatic carbocycles. The highest BCUT2D eigenvalue weighted by molar-refractivity contribution is 6.09. The maximum absolute atomic E-state index is 13.8. The number of benzene rings is 4. The van der Waals surface area contributed by atoms with Gasteiger partial charge in [0.25, 0.3) is 11.8 Å². The smallest absolute Gasteiger partial charge is 0.265 e. The molecule has 38 heavy (non-hydrogen) atoms. The van der Waals surface area contributed by atoms with Gasteiger partial charge in [-0.1, -0.05) is 66.7 Å². The van der Waals surface area contributed by atoms with Crippen molar-refractivity contribution in [3.63, 3.8) is 0 Å². The van der Waals surface area contributed by atoms with Crippen LogP contribution in [0.3, 0.4) is 0 Å². The molecule has 6 nitrogen and oxygen atoms in total. The Morgan fingerprint density at radius 3 is 2.21 bits per heavy atom. The Bertz CT molecular complexity index is 1410. The van der Waals surface area contributed by atoms with Crippen LogP contribution >= 0.6 is 0 Å². The van der Waals surface area contributed by atoms with Crippen LogP contribution in [0.15, 0.2) is 109 Å². The van der Waals surface area contributed by atoms with E-state index < -0.39 is 0 Å². The topological polar surface area (TPSA) is 59.1 Å². The second kappa shape index (κ2) is 11.2. The minimum absolute atomic E-state index is 0.101. The molecular formula is C32H30N2O4. The zero-order valence-electron chi connectivity index (χ0n) is 21.5. The summed E-state index contributed by atoms with van der Waals surface area (Å²) in [4.78, 5) is 31.2. The number of fused-ring (bicyclic) bond motifs is 1. The number of nitrogens with zero attached hydrogens (tertiary/aromatic N) is 2. The van der Waals surface area contributed by atoms with Gasteiger partial charge < -0.3 is 19.3 Å². The molecule has 5 rings (SSSR count). The lowest BCUT2D eigenvalue weighted by molar-refractivity contribution is -0.121. The standard InChI is InChI=1S/C32H30N2O4/c1-23-21-29(34(24-13-5-3-6-14-24)31(35)22-38-25-15-7-4-8-16-25)26-17-9-11-19-28(26)33(23)32(36)27-18-10-12-20-30(27)37-2/h3-20,23,29H,21-22H2,1-2H3/t23-,29+/m1/s1. The molecule has 1 heterocycles. The van der Waals surface area contributed by atoms with E-state index in [0.717, 1.165) is 16.9 Å². The Kier molecular flexibility index (Phi) is 7.40. The molecule has 4 aromatic carbocycles. The second-order valence-corrected chi connectivity index (χ2v) is 9.24. The summed E-state index contributed by atoms with van der Waals surface area (Å²) in [7, 11) is 1.57. The highest BCUT2D eigenvalue weighted by Crippen LogP contribution is 2.43. The van der Waals surface area contributed by atoms with Crippen molar-refractivity contribution in [1.29, 1.82) is 0 Å². The average molecular weight is 507 g/mol. The van der Waals surface area contributed by atoms with E-state index in [1.54, 1.807) is 19.2 Å². The zero-order chi connectivity index (χ0) is 26.5. The first-order valence-electron chi connectivity index (χ1n) is 12.7. The van der Waals surface area contributed by atoms with Gasteiger partial charge in [0.2, 0.25) is 0 Å². The van der Waals surface area contributed by atoms with E-state index in [0.29, 0.717) is 23.5 Å². The summed E-state index contributed by atoms with van der Waals surface area (Å²) in [6.45, 7) is 1.92. The SMILES string of the molecule is COc1ccccc1C(=O)N1c2ccccc2[C@@H](N(C(=O)COc2ccccc2)c2ccccc2)C[C@H]1C. The molecule has 1 aliphatic heterocycles. The Hall–Kier alpha value is -4.58. The summed E-state index contributed by atoms with van der Waals surface area (Å²) in [5.74, 6) is 0.880. The van der Waals surface area contributed by atoms with E-state index in [9.17, 15) is 9.59 Å². The van der Waals surface area contributed by atoms with Crippen molar-refractivity contribution in [3.8, 4) is 11.5 Å². The number of para-hydroxylation sites is 4. The van der Waals surface area contributed by atoms with Crippen LogP contribution in [0.1, 0.15) is 35.3 Å². The Balaban J connectivity index is 1.52.